The van der Waals surface area contributed by atoms with Crippen LogP contribution in [0.15, 0.2) is 36.4 Å². The van der Waals surface area contributed by atoms with Crippen molar-refractivity contribution in [2.45, 2.75) is 6.92 Å². The number of hydrogen-bond donors (Lipinski definition) is 1. The van der Waals surface area contributed by atoms with E-state index in [2.05, 4.69) is 41.3 Å². The highest BCUT2D eigenvalue weighted by Crippen LogP contribution is 2.23. The minimum atomic E-state index is 0.125. The molecule has 2 heterocycles. The lowest BCUT2D eigenvalue weighted by molar-refractivity contribution is -0.129. The summed E-state index contributed by atoms with van der Waals surface area (Å²) in [5.74, 6) is 1.67. The summed E-state index contributed by atoms with van der Waals surface area (Å²) in [4.78, 5) is 27.3. The van der Waals surface area contributed by atoms with Gasteiger partial charge in [0.25, 0.3) is 0 Å². The lowest BCUT2D eigenvalue weighted by Crippen LogP contribution is -2.48. The first-order chi connectivity index (χ1) is 13.0. The number of carbonyl (C=O) groups is 1. The van der Waals surface area contributed by atoms with E-state index >= 15 is 0 Å². The van der Waals surface area contributed by atoms with Crippen LogP contribution in [0.4, 0.5) is 11.8 Å². The van der Waals surface area contributed by atoms with Crippen molar-refractivity contribution in [1.82, 2.24) is 19.8 Å². The number of likely N-dealkylation sites (N-methyl/N-ethyl adjacent to an activating group) is 1. The maximum Gasteiger partial charge on any atom is 0.227 e. The van der Waals surface area contributed by atoms with Crippen molar-refractivity contribution in [3.63, 3.8) is 0 Å². The average molecular weight is 368 g/mol. The highest BCUT2D eigenvalue weighted by Gasteiger charge is 2.21. The van der Waals surface area contributed by atoms with Crippen molar-refractivity contribution < 1.29 is 4.79 Å². The van der Waals surface area contributed by atoms with Crippen LogP contribution in [0.1, 0.15) is 6.92 Å². The molecule has 144 valence electrons. The molecule has 1 aliphatic rings. The Morgan fingerprint density at radius 1 is 1.11 bits per heavy atom. The molecule has 0 unspecified atom stereocenters. The number of nitrogens with zero attached hydrogens (tertiary/aromatic N) is 5. The number of piperazine rings is 1. The van der Waals surface area contributed by atoms with Gasteiger partial charge in [-0.1, -0.05) is 30.3 Å². The van der Waals surface area contributed by atoms with Crippen molar-refractivity contribution in [1.29, 1.82) is 0 Å². The topological polar surface area (TPSA) is 64.6 Å². The second-order valence-electron chi connectivity index (χ2n) is 7.03. The molecule has 0 bridgehead atoms. The van der Waals surface area contributed by atoms with Gasteiger partial charge in [-0.2, -0.15) is 4.98 Å². The minimum Gasteiger partial charge on any atom is -0.369 e. The van der Waals surface area contributed by atoms with Crippen LogP contribution < -0.4 is 10.2 Å². The molecular weight excluding hydrogens is 340 g/mol. The molecule has 0 saturated carbocycles. The average Bonchev–Trinajstić information content (AvgIpc) is 2.68. The molecule has 0 spiro atoms. The molecule has 1 aliphatic heterocycles. The van der Waals surface area contributed by atoms with Crippen LogP contribution >= 0.6 is 0 Å². The summed E-state index contributed by atoms with van der Waals surface area (Å²) in [6, 6.07) is 12.2. The van der Waals surface area contributed by atoms with E-state index in [4.69, 9.17) is 9.97 Å². The smallest absolute Gasteiger partial charge is 0.227 e. The fourth-order valence-corrected chi connectivity index (χ4v) is 3.05. The summed E-state index contributed by atoms with van der Waals surface area (Å²) in [6.07, 6.45) is 0. The van der Waals surface area contributed by atoms with E-state index in [-0.39, 0.29) is 5.91 Å². The highest BCUT2D eigenvalue weighted by atomic mass is 16.2. The molecule has 1 saturated heterocycles. The molecule has 0 aliphatic carbocycles. The number of aromatic nitrogens is 2. The third kappa shape index (κ3) is 5.17. The summed E-state index contributed by atoms with van der Waals surface area (Å²) in [7, 11) is 4.11. The van der Waals surface area contributed by atoms with Crippen molar-refractivity contribution in [3.05, 3.63) is 36.4 Å². The predicted octanol–water partition coefficient (Wildman–Crippen LogP) is 1.79. The van der Waals surface area contributed by atoms with E-state index in [1.165, 1.54) is 0 Å². The fraction of sp³-hybridized carbons (Fsp3) is 0.450. The van der Waals surface area contributed by atoms with Gasteiger partial charge >= 0.3 is 0 Å². The first kappa shape index (κ1) is 19.1. The summed E-state index contributed by atoms with van der Waals surface area (Å²) >= 11 is 0. The molecule has 1 aromatic heterocycles. The Labute approximate surface area is 161 Å². The molecule has 1 aromatic carbocycles. The van der Waals surface area contributed by atoms with Gasteiger partial charge < -0.3 is 20.0 Å². The SMILES string of the molecule is CC(=O)N1CCN(c2nc(NCCN(C)C)cc(-c3ccccc3)n2)CC1. The largest absolute Gasteiger partial charge is 0.369 e. The Morgan fingerprint density at radius 2 is 1.81 bits per heavy atom. The van der Waals surface area contributed by atoms with Crippen LogP contribution in [0.3, 0.4) is 0 Å². The first-order valence-corrected chi connectivity index (χ1v) is 9.36. The molecule has 7 nitrogen and oxygen atoms in total. The quantitative estimate of drug-likeness (QED) is 0.839. The first-order valence-electron chi connectivity index (χ1n) is 9.36. The van der Waals surface area contributed by atoms with E-state index < -0.39 is 0 Å². The zero-order valence-corrected chi connectivity index (χ0v) is 16.4. The third-order valence-electron chi connectivity index (χ3n) is 4.66. The third-order valence-corrected chi connectivity index (χ3v) is 4.66. The normalized spacial score (nSPS) is 14.5. The van der Waals surface area contributed by atoms with Crippen LogP contribution in [0.25, 0.3) is 11.3 Å². The van der Waals surface area contributed by atoms with Crippen molar-refractivity contribution >= 4 is 17.7 Å². The second-order valence-corrected chi connectivity index (χ2v) is 7.03. The molecule has 2 aromatic rings. The molecule has 0 radical (unpaired) electrons. The van der Waals surface area contributed by atoms with Crippen LogP contribution in [-0.4, -0.2) is 79.0 Å². The van der Waals surface area contributed by atoms with Gasteiger partial charge in [0.1, 0.15) is 5.82 Å². The second kappa shape index (κ2) is 8.81. The summed E-state index contributed by atoms with van der Waals surface area (Å²) in [5, 5.41) is 3.41. The number of amides is 1. The van der Waals surface area contributed by atoms with Crippen LogP contribution in [0.5, 0.6) is 0 Å². The molecule has 1 N–H and O–H groups in total. The van der Waals surface area contributed by atoms with Crippen LogP contribution in [0.2, 0.25) is 0 Å². The Balaban J connectivity index is 1.82. The van der Waals surface area contributed by atoms with Gasteiger partial charge in [-0.3, -0.25) is 4.79 Å². The lowest BCUT2D eigenvalue weighted by atomic mass is 10.1. The monoisotopic (exact) mass is 368 g/mol. The van der Waals surface area contributed by atoms with Crippen LogP contribution in [-0.2, 0) is 4.79 Å². The fourth-order valence-electron chi connectivity index (χ4n) is 3.05. The van der Waals surface area contributed by atoms with Gasteiger partial charge in [0, 0.05) is 57.8 Å². The Morgan fingerprint density at radius 3 is 2.44 bits per heavy atom. The van der Waals surface area contributed by atoms with Gasteiger partial charge in [0.05, 0.1) is 5.69 Å². The molecule has 1 amide bonds. The Kier molecular flexibility index (Phi) is 6.24. The van der Waals surface area contributed by atoms with E-state index in [1.807, 2.05) is 29.2 Å². The Hall–Kier alpha value is -2.67. The van der Waals surface area contributed by atoms with Gasteiger partial charge in [-0.25, -0.2) is 4.98 Å². The number of anilines is 2. The molecular formula is C20H28N6O. The Bertz CT molecular complexity index is 756. The maximum absolute atomic E-state index is 11.6. The molecule has 7 heteroatoms. The van der Waals surface area contributed by atoms with E-state index in [9.17, 15) is 4.79 Å². The highest BCUT2D eigenvalue weighted by molar-refractivity contribution is 5.73. The van der Waals surface area contributed by atoms with Gasteiger partial charge in [-0.05, 0) is 14.1 Å². The lowest BCUT2D eigenvalue weighted by Gasteiger charge is -2.34. The van der Waals surface area contributed by atoms with E-state index in [0.717, 1.165) is 43.3 Å². The van der Waals surface area contributed by atoms with E-state index in [0.29, 0.717) is 19.0 Å². The van der Waals surface area contributed by atoms with Crippen molar-refractivity contribution in [2.75, 3.05) is 63.6 Å². The minimum absolute atomic E-state index is 0.125. The maximum atomic E-state index is 11.6. The number of hydrogen-bond acceptors (Lipinski definition) is 6. The predicted molar refractivity (Wildman–Crippen MR) is 109 cm³/mol. The van der Waals surface area contributed by atoms with Gasteiger partial charge in [0.15, 0.2) is 0 Å². The molecule has 0 atom stereocenters. The molecule has 27 heavy (non-hydrogen) atoms. The summed E-state index contributed by atoms with van der Waals surface area (Å²) in [5.41, 5.74) is 1.97. The molecule has 3 rings (SSSR count). The van der Waals surface area contributed by atoms with Crippen molar-refractivity contribution in [3.8, 4) is 11.3 Å². The number of carbonyl (C=O) groups excluding carboxylic acids is 1. The van der Waals surface area contributed by atoms with E-state index in [1.54, 1.807) is 6.92 Å². The molecule has 1 fully saturated rings. The van der Waals surface area contributed by atoms with Gasteiger partial charge in [-0.15, -0.1) is 0 Å². The van der Waals surface area contributed by atoms with Crippen molar-refractivity contribution in [2.24, 2.45) is 0 Å². The summed E-state index contributed by atoms with van der Waals surface area (Å²) in [6.45, 7) is 6.27. The zero-order chi connectivity index (χ0) is 19.2. The number of benzene rings is 1. The standard InChI is InChI=1S/C20H28N6O/c1-16(27)25-11-13-26(14-12-25)20-22-18(17-7-5-4-6-8-17)15-19(23-20)21-9-10-24(2)3/h4-8,15H,9-14H2,1-3H3,(H,21,22,23). The number of nitrogens with one attached hydrogen (secondary N) is 1. The summed E-state index contributed by atoms with van der Waals surface area (Å²) < 4.78 is 0. The zero-order valence-electron chi connectivity index (χ0n) is 16.4. The van der Waals surface area contributed by atoms with Crippen LogP contribution in [0, 0.1) is 0 Å². The number of rotatable bonds is 6. The van der Waals surface area contributed by atoms with Gasteiger partial charge in [0.2, 0.25) is 11.9 Å².